The Hall–Kier alpha value is -0.470. The quantitative estimate of drug-likeness (QED) is 0.829. The SMILES string of the molecule is CC(C)NCC(CC1Cc2ccccc2S1)C(C)C. The topological polar surface area (TPSA) is 12.0 Å². The highest BCUT2D eigenvalue weighted by molar-refractivity contribution is 8.00. The van der Waals surface area contributed by atoms with Gasteiger partial charge < -0.3 is 5.32 Å². The summed E-state index contributed by atoms with van der Waals surface area (Å²) in [6, 6.07) is 9.49. The summed E-state index contributed by atoms with van der Waals surface area (Å²) >= 11 is 2.09. The lowest BCUT2D eigenvalue weighted by atomic mass is 9.89. The molecular formula is C17H27NS. The summed E-state index contributed by atoms with van der Waals surface area (Å²) in [6.45, 7) is 10.3. The Morgan fingerprint density at radius 2 is 1.95 bits per heavy atom. The Labute approximate surface area is 122 Å². The van der Waals surface area contributed by atoms with Crippen molar-refractivity contribution < 1.29 is 0 Å². The lowest BCUT2D eigenvalue weighted by Gasteiger charge is -2.25. The monoisotopic (exact) mass is 277 g/mol. The van der Waals surface area contributed by atoms with Crippen molar-refractivity contribution in [1.82, 2.24) is 5.32 Å². The third kappa shape index (κ3) is 4.25. The van der Waals surface area contributed by atoms with Gasteiger partial charge in [-0.1, -0.05) is 45.9 Å². The Bertz CT molecular complexity index is 375. The van der Waals surface area contributed by atoms with Gasteiger partial charge in [0, 0.05) is 16.2 Å². The molecule has 1 nitrogen and oxygen atoms in total. The molecule has 0 saturated heterocycles. The molecule has 0 bridgehead atoms. The lowest BCUT2D eigenvalue weighted by molar-refractivity contribution is 0.328. The standard InChI is InChI=1S/C17H27NS/c1-12(2)15(11-18-13(3)4)10-16-9-14-7-5-6-8-17(14)19-16/h5-8,12-13,15-16,18H,9-11H2,1-4H3. The van der Waals surface area contributed by atoms with E-state index >= 15 is 0 Å². The van der Waals surface area contributed by atoms with E-state index in [1.165, 1.54) is 17.7 Å². The van der Waals surface area contributed by atoms with Crippen molar-refractivity contribution in [3.63, 3.8) is 0 Å². The van der Waals surface area contributed by atoms with Crippen molar-refractivity contribution in [3.05, 3.63) is 29.8 Å². The van der Waals surface area contributed by atoms with E-state index in [0.717, 1.165) is 23.6 Å². The number of fused-ring (bicyclic) bond motifs is 1. The molecule has 0 radical (unpaired) electrons. The van der Waals surface area contributed by atoms with E-state index < -0.39 is 0 Å². The summed E-state index contributed by atoms with van der Waals surface area (Å²) < 4.78 is 0. The molecule has 0 spiro atoms. The molecule has 1 aromatic rings. The molecule has 19 heavy (non-hydrogen) atoms. The molecular weight excluding hydrogens is 250 g/mol. The second-order valence-corrected chi connectivity index (χ2v) is 7.70. The molecule has 106 valence electrons. The fraction of sp³-hybridized carbons (Fsp3) is 0.647. The molecule has 2 atom stereocenters. The lowest BCUT2D eigenvalue weighted by Crippen LogP contribution is -2.32. The van der Waals surface area contributed by atoms with Gasteiger partial charge in [0.1, 0.15) is 0 Å². The van der Waals surface area contributed by atoms with Crippen LogP contribution in [0.25, 0.3) is 0 Å². The normalized spacial score (nSPS) is 20.0. The highest BCUT2D eigenvalue weighted by Crippen LogP contribution is 2.40. The summed E-state index contributed by atoms with van der Waals surface area (Å²) in [6.07, 6.45) is 2.59. The molecule has 0 saturated carbocycles. The van der Waals surface area contributed by atoms with Crippen LogP contribution in [0.5, 0.6) is 0 Å². The maximum atomic E-state index is 3.61. The molecule has 0 aromatic heterocycles. The van der Waals surface area contributed by atoms with Crippen LogP contribution in [0, 0.1) is 11.8 Å². The Morgan fingerprint density at radius 3 is 2.58 bits per heavy atom. The molecule has 1 aliphatic heterocycles. The van der Waals surface area contributed by atoms with Crippen molar-refractivity contribution in [1.29, 1.82) is 0 Å². The average molecular weight is 277 g/mol. The first-order valence-electron chi connectivity index (χ1n) is 7.54. The molecule has 1 heterocycles. The van der Waals surface area contributed by atoms with Gasteiger partial charge in [0.2, 0.25) is 0 Å². The smallest absolute Gasteiger partial charge is 0.0138 e. The van der Waals surface area contributed by atoms with E-state index in [-0.39, 0.29) is 0 Å². The van der Waals surface area contributed by atoms with Crippen molar-refractivity contribution in [2.24, 2.45) is 11.8 Å². The zero-order valence-electron chi connectivity index (χ0n) is 12.6. The van der Waals surface area contributed by atoms with E-state index in [1.54, 1.807) is 5.56 Å². The zero-order chi connectivity index (χ0) is 13.8. The predicted molar refractivity (Wildman–Crippen MR) is 85.9 cm³/mol. The van der Waals surface area contributed by atoms with Crippen LogP contribution in [0.4, 0.5) is 0 Å². The molecule has 0 fully saturated rings. The Kier molecular flexibility index (Phi) is 5.35. The molecule has 1 aromatic carbocycles. The van der Waals surface area contributed by atoms with Gasteiger partial charge in [-0.05, 0) is 42.9 Å². The summed E-state index contributed by atoms with van der Waals surface area (Å²) in [4.78, 5) is 1.51. The van der Waals surface area contributed by atoms with Gasteiger partial charge in [0.05, 0.1) is 0 Å². The first-order valence-corrected chi connectivity index (χ1v) is 8.42. The maximum Gasteiger partial charge on any atom is 0.0138 e. The van der Waals surface area contributed by atoms with Crippen LogP contribution in [0.3, 0.4) is 0 Å². The summed E-state index contributed by atoms with van der Waals surface area (Å²) in [5, 5.41) is 4.39. The van der Waals surface area contributed by atoms with E-state index in [4.69, 9.17) is 0 Å². The van der Waals surface area contributed by atoms with Crippen molar-refractivity contribution in [2.75, 3.05) is 6.54 Å². The fourth-order valence-electron chi connectivity index (χ4n) is 2.70. The maximum absolute atomic E-state index is 3.61. The van der Waals surface area contributed by atoms with E-state index in [2.05, 4.69) is 69.0 Å². The van der Waals surface area contributed by atoms with Gasteiger partial charge in [-0.15, -0.1) is 11.8 Å². The second-order valence-electron chi connectivity index (χ2n) is 6.35. The zero-order valence-corrected chi connectivity index (χ0v) is 13.5. The number of hydrogen-bond donors (Lipinski definition) is 1. The van der Waals surface area contributed by atoms with Crippen molar-refractivity contribution >= 4 is 11.8 Å². The molecule has 1 N–H and O–H groups in total. The minimum atomic E-state index is 0.592. The van der Waals surface area contributed by atoms with Gasteiger partial charge in [-0.25, -0.2) is 0 Å². The van der Waals surface area contributed by atoms with Gasteiger partial charge >= 0.3 is 0 Å². The summed E-state index contributed by atoms with van der Waals surface area (Å²) in [7, 11) is 0. The summed E-state index contributed by atoms with van der Waals surface area (Å²) in [5.74, 6) is 1.55. The highest BCUT2D eigenvalue weighted by Gasteiger charge is 2.26. The van der Waals surface area contributed by atoms with Crippen molar-refractivity contribution in [3.8, 4) is 0 Å². The van der Waals surface area contributed by atoms with Crippen LogP contribution < -0.4 is 5.32 Å². The molecule has 2 heteroatoms. The molecule has 0 aliphatic carbocycles. The first-order chi connectivity index (χ1) is 9.06. The van der Waals surface area contributed by atoms with Gasteiger partial charge in [0.25, 0.3) is 0 Å². The number of thioether (sulfide) groups is 1. The van der Waals surface area contributed by atoms with Crippen LogP contribution in [-0.4, -0.2) is 17.8 Å². The van der Waals surface area contributed by atoms with E-state index in [0.29, 0.717) is 6.04 Å². The highest BCUT2D eigenvalue weighted by atomic mass is 32.2. The molecule has 1 aliphatic rings. The molecule has 0 amide bonds. The summed E-state index contributed by atoms with van der Waals surface area (Å²) in [5.41, 5.74) is 1.55. The van der Waals surface area contributed by atoms with Crippen LogP contribution in [0.2, 0.25) is 0 Å². The second kappa shape index (κ2) is 6.81. The fourth-order valence-corrected chi connectivity index (χ4v) is 4.13. The van der Waals surface area contributed by atoms with Crippen LogP contribution in [0.1, 0.15) is 39.7 Å². The van der Waals surface area contributed by atoms with Gasteiger partial charge in [0.15, 0.2) is 0 Å². The number of hydrogen-bond acceptors (Lipinski definition) is 2. The van der Waals surface area contributed by atoms with Crippen molar-refractivity contribution in [2.45, 2.75) is 56.7 Å². The van der Waals surface area contributed by atoms with E-state index in [1.807, 2.05) is 0 Å². The Balaban J connectivity index is 1.89. The van der Waals surface area contributed by atoms with Gasteiger partial charge in [-0.2, -0.15) is 0 Å². The average Bonchev–Trinajstić information content (AvgIpc) is 2.76. The number of nitrogens with one attached hydrogen (secondary N) is 1. The van der Waals surface area contributed by atoms with Gasteiger partial charge in [-0.3, -0.25) is 0 Å². The number of rotatable bonds is 6. The first kappa shape index (κ1) is 14.9. The predicted octanol–water partition coefficient (Wildman–Crippen LogP) is 4.36. The van der Waals surface area contributed by atoms with Crippen LogP contribution in [-0.2, 0) is 6.42 Å². The third-order valence-electron chi connectivity index (χ3n) is 4.01. The third-order valence-corrected chi connectivity index (χ3v) is 5.36. The minimum absolute atomic E-state index is 0.592. The van der Waals surface area contributed by atoms with E-state index in [9.17, 15) is 0 Å². The number of benzene rings is 1. The molecule has 2 unspecified atom stereocenters. The minimum Gasteiger partial charge on any atom is -0.314 e. The largest absolute Gasteiger partial charge is 0.314 e. The Morgan fingerprint density at radius 1 is 1.21 bits per heavy atom. The van der Waals surface area contributed by atoms with Crippen LogP contribution in [0.15, 0.2) is 29.2 Å². The van der Waals surface area contributed by atoms with Crippen LogP contribution >= 0.6 is 11.8 Å². The molecule has 2 rings (SSSR count).